The maximum atomic E-state index is 12.3. The zero-order valence-electron chi connectivity index (χ0n) is 15.0. The molecule has 1 heterocycles. The van der Waals surface area contributed by atoms with Gasteiger partial charge in [0.15, 0.2) is 0 Å². The molecule has 6 nitrogen and oxygen atoms in total. The van der Waals surface area contributed by atoms with Crippen LogP contribution in [-0.2, 0) is 14.3 Å². The molecule has 1 aliphatic heterocycles. The monoisotopic (exact) mass is 367 g/mol. The van der Waals surface area contributed by atoms with Gasteiger partial charge in [-0.25, -0.2) is 0 Å². The van der Waals surface area contributed by atoms with Crippen LogP contribution in [0.3, 0.4) is 0 Å². The Kier molecular flexibility index (Phi) is 7.23. The Bertz CT molecular complexity index is 622. The Balaban J connectivity index is 1.90. The zero-order chi connectivity index (χ0) is 18.4. The topological polar surface area (TPSA) is 70.7 Å². The number of carbonyl (C=O) groups is 2. The number of morpholine rings is 1. The Morgan fingerprint density at radius 1 is 1.32 bits per heavy atom. The van der Waals surface area contributed by atoms with E-state index in [9.17, 15) is 9.59 Å². The van der Waals surface area contributed by atoms with Crippen LogP contribution in [0.5, 0.6) is 0 Å². The second-order valence-corrected chi connectivity index (χ2v) is 6.84. The summed E-state index contributed by atoms with van der Waals surface area (Å²) >= 11 is 6.16. The molecule has 1 aromatic carbocycles. The lowest BCUT2D eigenvalue weighted by Crippen LogP contribution is -2.46. The van der Waals surface area contributed by atoms with Gasteiger partial charge in [-0.05, 0) is 32.0 Å². The number of ether oxygens (including phenoxy) is 1. The van der Waals surface area contributed by atoms with E-state index in [1.165, 1.54) is 0 Å². The molecular weight excluding hydrogens is 342 g/mol. The largest absolute Gasteiger partial charge is 0.375 e. The molecule has 7 heteroatoms. The molecular formula is C18H26ClN3O3. The van der Waals surface area contributed by atoms with E-state index in [0.717, 1.165) is 13.1 Å². The Hall–Kier alpha value is -1.63. The van der Waals surface area contributed by atoms with Crippen LogP contribution in [0.4, 0.5) is 11.4 Å². The Morgan fingerprint density at radius 3 is 2.72 bits per heavy atom. The molecule has 1 saturated heterocycles. The zero-order valence-corrected chi connectivity index (χ0v) is 15.7. The van der Waals surface area contributed by atoms with Gasteiger partial charge < -0.3 is 15.4 Å². The minimum Gasteiger partial charge on any atom is -0.375 e. The standard InChI is InChI=1S/C18H26ClN3O3/c1-4-17(23)21-16-6-5-13(9-15(16)19)20-18(24)10-14-11-22(12(2)3)7-8-25-14/h5-6,9,12,14H,4,7-8,10-11H2,1-3H3,(H,20,24)(H,21,23). The van der Waals surface area contributed by atoms with Crippen molar-refractivity contribution in [2.45, 2.75) is 45.8 Å². The third-order valence-electron chi connectivity index (χ3n) is 4.16. The van der Waals surface area contributed by atoms with Crippen LogP contribution in [0.25, 0.3) is 0 Å². The number of halogens is 1. The molecule has 1 aliphatic rings. The number of benzene rings is 1. The predicted octanol–water partition coefficient (Wildman–Crippen LogP) is 3.13. The number of anilines is 2. The highest BCUT2D eigenvalue weighted by molar-refractivity contribution is 6.34. The maximum Gasteiger partial charge on any atom is 0.227 e. The molecule has 1 unspecified atom stereocenters. The van der Waals surface area contributed by atoms with Crippen molar-refractivity contribution in [3.8, 4) is 0 Å². The van der Waals surface area contributed by atoms with Crippen LogP contribution in [0.1, 0.15) is 33.6 Å². The van der Waals surface area contributed by atoms with Crippen molar-refractivity contribution in [2.24, 2.45) is 0 Å². The summed E-state index contributed by atoms with van der Waals surface area (Å²) in [4.78, 5) is 26.0. The number of carbonyl (C=O) groups excluding carboxylic acids is 2. The predicted molar refractivity (Wildman–Crippen MR) is 100 cm³/mol. The van der Waals surface area contributed by atoms with E-state index in [4.69, 9.17) is 16.3 Å². The fourth-order valence-corrected chi connectivity index (χ4v) is 2.91. The molecule has 0 radical (unpaired) electrons. The van der Waals surface area contributed by atoms with Crippen molar-refractivity contribution >= 4 is 34.8 Å². The van der Waals surface area contributed by atoms with E-state index in [0.29, 0.717) is 41.9 Å². The first-order valence-electron chi connectivity index (χ1n) is 8.64. The fourth-order valence-electron chi connectivity index (χ4n) is 2.69. The van der Waals surface area contributed by atoms with E-state index < -0.39 is 0 Å². The molecule has 0 aliphatic carbocycles. The van der Waals surface area contributed by atoms with Crippen LogP contribution in [0.2, 0.25) is 5.02 Å². The van der Waals surface area contributed by atoms with Crippen molar-refractivity contribution in [3.63, 3.8) is 0 Å². The van der Waals surface area contributed by atoms with Crippen molar-refractivity contribution in [2.75, 3.05) is 30.3 Å². The highest BCUT2D eigenvalue weighted by atomic mass is 35.5. The van der Waals surface area contributed by atoms with Gasteiger partial charge in [0.1, 0.15) is 0 Å². The molecule has 1 atom stereocenters. The van der Waals surface area contributed by atoms with Gasteiger partial charge in [0.2, 0.25) is 11.8 Å². The first kappa shape index (κ1) is 19.7. The van der Waals surface area contributed by atoms with E-state index in [2.05, 4.69) is 29.4 Å². The molecule has 2 amide bonds. The lowest BCUT2D eigenvalue weighted by molar-refractivity contribution is -0.121. The first-order valence-corrected chi connectivity index (χ1v) is 9.01. The SMILES string of the molecule is CCC(=O)Nc1ccc(NC(=O)CC2CN(C(C)C)CCO2)cc1Cl. The molecule has 0 aromatic heterocycles. The normalized spacial score (nSPS) is 18.2. The first-order chi connectivity index (χ1) is 11.9. The number of amides is 2. The summed E-state index contributed by atoms with van der Waals surface area (Å²) in [5, 5.41) is 5.93. The van der Waals surface area contributed by atoms with E-state index in [-0.39, 0.29) is 17.9 Å². The highest BCUT2D eigenvalue weighted by Gasteiger charge is 2.24. The van der Waals surface area contributed by atoms with Crippen LogP contribution in [0.15, 0.2) is 18.2 Å². The molecule has 2 rings (SSSR count). The van der Waals surface area contributed by atoms with Gasteiger partial charge in [-0.2, -0.15) is 0 Å². The summed E-state index contributed by atoms with van der Waals surface area (Å²) in [5.41, 5.74) is 1.13. The molecule has 2 N–H and O–H groups in total. The van der Waals surface area contributed by atoms with Gasteiger partial charge in [-0.1, -0.05) is 18.5 Å². The summed E-state index contributed by atoms with van der Waals surface area (Å²) in [5.74, 6) is -0.222. The average molecular weight is 368 g/mol. The van der Waals surface area contributed by atoms with Gasteiger partial charge in [-0.15, -0.1) is 0 Å². The quantitative estimate of drug-likeness (QED) is 0.810. The smallest absolute Gasteiger partial charge is 0.227 e. The maximum absolute atomic E-state index is 12.3. The number of hydrogen-bond acceptors (Lipinski definition) is 4. The van der Waals surface area contributed by atoms with Gasteiger partial charge in [0, 0.05) is 31.2 Å². The lowest BCUT2D eigenvalue weighted by Gasteiger charge is -2.35. The summed E-state index contributed by atoms with van der Waals surface area (Å²) in [6.07, 6.45) is 0.577. The minimum atomic E-state index is -0.114. The van der Waals surface area contributed by atoms with Crippen molar-refractivity contribution in [3.05, 3.63) is 23.2 Å². The van der Waals surface area contributed by atoms with Gasteiger partial charge in [0.05, 0.1) is 29.8 Å². The molecule has 0 bridgehead atoms. The van der Waals surface area contributed by atoms with E-state index in [1.54, 1.807) is 25.1 Å². The fraction of sp³-hybridized carbons (Fsp3) is 0.556. The number of nitrogens with zero attached hydrogens (tertiary/aromatic N) is 1. The van der Waals surface area contributed by atoms with E-state index >= 15 is 0 Å². The summed E-state index contributed by atoms with van der Waals surface area (Å²) in [6, 6.07) is 5.48. The van der Waals surface area contributed by atoms with Crippen LogP contribution < -0.4 is 10.6 Å². The van der Waals surface area contributed by atoms with Crippen LogP contribution in [0, 0.1) is 0 Å². The second-order valence-electron chi connectivity index (χ2n) is 6.43. The van der Waals surface area contributed by atoms with E-state index in [1.807, 2.05) is 0 Å². The van der Waals surface area contributed by atoms with Crippen molar-refractivity contribution < 1.29 is 14.3 Å². The van der Waals surface area contributed by atoms with Crippen LogP contribution in [-0.4, -0.2) is 48.6 Å². The summed E-state index contributed by atoms with van der Waals surface area (Å²) in [6.45, 7) is 8.36. The Labute approximate surface area is 153 Å². The van der Waals surface area contributed by atoms with Gasteiger partial charge in [0.25, 0.3) is 0 Å². The molecule has 0 spiro atoms. The third-order valence-corrected chi connectivity index (χ3v) is 4.47. The van der Waals surface area contributed by atoms with Crippen molar-refractivity contribution in [1.82, 2.24) is 4.90 Å². The second kappa shape index (κ2) is 9.17. The number of rotatable bonds is 6. The summed E-state index contributed by atoms with van der Waals surface area (Å²) in [7, 11) is 0. The van der Waals surface area contributed by atoms with Gasteiger partial charge in [-0.3, -0.25) is 14.5 Å². The Morgan fingerprint density at radius 2 is 2.08 bits per heavy atom. The number of nitrogens with one attached hydrogen (secondary N) is 2. The molecule has 138 valence electrons. The number of hydrogen-bond donors (Lipinski definition) is 2. The van der Waals surface area contributed by atoms with Crippen molar-refractivity contribution in [1.29, 1.82) is 0 Å². The lowest BCUT2D eigenvalue weighted by atomic mass is 10.1. The molecule has 25 heavy (non-hydrogen) atoms. The molecule has 0 saturated carbocycles. The molecule has 1 fully saturated rings. The average Bonchev–Trinajstić information content (AvgIpc) is 2.57. The summed E-state index contributed by atoms with van der Waals surface area (Å²) < 4.78 is 5.69. The highest BCUT2D eigenvalue weighted by Crippen LogP contribution is 2.26. The van der Waals surface area contributed by atoms with Gasteiger partial charge >= 0.3 is 0 Å². The molecule has 1 aromatic rings. The van der Waals surface area contributed by atoms with Crippen LogP contribution >= 0.6 is 11.6 Å². The minimum absolute atomic E-state index is 0.102. The third kappa shape index (κ3) is 5.99.